The Kier molecular flexibility index (Phi) is 4.45. The minimum Gasteiger partial charge on any atom is -0.336 e. The lowest BCUT2D eigenvalue weighted by Crippen LogP contribution is -2.47. The van der Waals surface area contributed by atoms with E-state index in [1.165, 1.54) is 10.9 Å². The van der Waals surface area contributed by atoms with Gasteiger partial charge in [0.1, 0.15) is 6.33 Å². The summed E-state index contributed by atoms with van der Waals surface area (Å²) in [6.45, 7) is 3.29. The molecule has 138 valence electrons. The molecule has 0 spiro atoms. The Bertz CT molecular complexity index is 1050. The molecule has 1 saturated heterocycles. The Balaban J connectivity index is 1.67. The largest absolute Gasteiger partial charge is 0.336 e. The van der Waals surface area contributed by atoms with E-state index >= 15 is 0 Å². The summed E-state index contributed by atoms with van der Waals surface area (Å²) < 4.78 is 1.53. The first-order valence-corrected chi connectivity index (χ1v) is 8.92. The number of amides is 1. The van der Waals surface area contributed by atoms with Crippen molar-refractivity contribution < 1.29 is 4.79 Å². The van der Waals surface area contributed by atoms with Gasteiger partial charge in [0.25, 0.3) is 11.5 Å². The van der Waals surface area contributed by atoms with E-state index in [1.807, 2.05) is 29.2 Å². The van der Waals surface area contributed by atoms with Crippen molar-refractivity contribution in [1.29, 1.82) is 0 Å². The van der Waals surface area contributed by atoms with Crippen LogP contribution >= 0.6 is 0 Å². The molecule has 0 saturated carbocycles. The molecule has 7 nitrogen and oxygen atoms in total. The summed E-state index contributed by atoms with van der Waals surface area (Å²) in [5.74, 6) is 0.0577. The standard InChI is InChI=1S/C20H21N5O2/c1-23-7-9-25(10-8-23)19(26)15-5-3-14(4-6-15)17-12-24(2)20(27)16-11-21-13-22-18(16)17/h3-6,11-13H,7-10H2,1-2H3. The van der Waals surface area contributed by atoms with E-state index in [2.05, 4.69) is 21.9 Å². The summed E-state index contributed by atoms with van der Waals surface area (Å²) >= 11 is 0. The van der Waals surface area contributed by atoms with Gasteiger partial charge in [-0.15, -0.1) is 0 Å². The molecule has 1 aliphatic rings. The number of rotatable bonds is 2. The second kappa shape index (κ2) is 6.92. The summed E-state index contributed by atoms with van der Waals surface area (Å²) in [6, 6.07) is 7.50. The number of fused-ring (bicyclic) bond motifs is 1. The van der Waals surface area contributed by atoms with Crippen LogP contribution in [0.2, 0.25) is 0 Å². The predicted octanol–water partition coefficient (Wildman–Crippen LogP) is 1.38. The first-order chi connectivity index (χ1) is 13.0. The molecule has 1 fully saturated rings. The SMILES string of the molecule is CN1CCN(C(=O)c2ccc(-c3cn(C)c(=O)c4cncnc34)cc2)CC1. The van der Waals surface area contributed by atoms with Crippen molar-refractivity contribution in [2.45, 2.75) is 0 Å². The van der Waals surface area contributed by atoms with Crippen molar-refractivity contribution in [1.82, 2.24) is 24.3 Å². The molecule has 27 heavy (non-hydrogen) atoms. The fourth-order valence-electron chi connectivity index (χ4n) is 3.40. The summed E-state index contributed by atoms with van der Waals surface area (Å²) in [7, 11) is 3.78. The van der Waals surface area contributed by atoms with E-state index in [0.29, 0.717) is 16.5 Å². The van der Waals surface area contributed by atoms with E-state index in [4.69, 9.17) is 0 Å². The second-order valence-corrected chi connectivity index (χ2v) is 6.92. The number of hydrogen-bond acceptors (Lipinski definition) is 5. The van der Waals surface area contributed by atoms with E-state index < -0.39 is 0 Å². The number of likely N-dealkylation sites (N-methyl/N-ethyl adjacent to an activating group) is 1. The zero-order valence-electron chi connectivity index (χ0n) is 15.4. The molecule has 0 radical (unpaired) electrons. The third kappa shape index (κ3) is 3.21. The van der Waals surface area contributed by atoms with Crippen LogP contribution in [0, 0.1) is 0 Å². The van der Waals surface area contributed by atoms with Gasteiger partial charge in [0.2, 0.25) is 0 Å². The fourth-order valence-corrected chi connectivity index (χ4v) is 3.40. The summed E-state index contributed by atoms with van der Waals surface area (Å²) in [4.78, 5) is 37.4. The molecule has 0 aliphatic carbocycles. The normalized spacial score (nSPS) is 15.3. The van der Waals surface area contributed by atoms with Crippen molar-refractivity contribution >= 4 is 16.8 Å². The Morgan fingerprint density at radius 1 is 1.04 bits per heavy atom. The Hall–Kier alpha value is -3.06. The minimum absolute atomic E-state index is 0.0577. The molecule has 0 bridgehead atoms. The summed E-state index contributed by atoms with van der Waals surface area (Å²) in [6.07, 6.45) is 4.75. The van der Waals surface area contributed by atoms with Crippen molar-refractivity contribution in [2.75, 3.05) is 33.2 Å². The monoisotopic (exact) mass is 363 g/mol. The fraction of sp³-hybridized carbons (Fsp3) is 0.300. The molecule has 1 aliphatic heterocycles. The quantitative estimate of drug-likeness (QED) is 0.688. The highest BCUT2D eigenvalue weighted by Gasteiger charge is 2.20. The number of nitrogens with zero attached hydrogens (tertiary/aromatic N) is 5. The van der Waals surface area contributed by atoms with Crippen LogP contribution in [-0.2, 0) is 7.05 Å². The van der Waals surface area contributed by atoms with Crippen LogP contribution in [0.25, 0.3) is 22.0 Å². The lowest BCUT2D eigenvalue weighted by molar-refractivity contribution is 0.0664. The molecule has 3 heterocycles. The van der Waals surface area contributed by atoms with E-state index in [9.17, 15) is 9.59 Å². The van der Waals surface area contributed by atoms with Gasteiger partial charge in [-0.3, -0.25) is 9.59 Å². The highest BCUT2D eigenvalue weighted by molar-refractivity contribution is 5.96. The number of aryl methyl sites for hydroxylation is 1. The average Bonchev–Trinajstić information content (AvgIpc) is 2.71. The number of hydrogen-bond donors (Lipinski definition) is 0. The van der Waals surface area contributed by atoms with Gasteiger partial charge in [-0.25, -0.2) is 9.97 Å². The van der Waals surface area contributed by atoms with Crippen LogP contribution in [0.5, 0.6) is 0 Å². The maximum Gasteiger partial charge on any atom is 0.261 e. The minimum atomic E-state index is -0.129. The lowest BCUT2D eigenvalue weighted by Gasteiger charge is -2.32. The Morgan fingerprint density at radius 3 is 2.44 bits per heavy atom. The maximum atomic E-state index is 12.7. The van der Waals surface area contributed by atoms with Crippen molar-refractivity contribution in [3.05, 3.63) is 58.9 Å². The van der Waals surface area contributed by atoms with Crippen LogP contribution < -0.4 is 5.56 Å². The van der Waals surface area contributed by atoms with Gasteiger partial charge in [0.05, 0.1) is 10.9 Å². The topological polar surface area (TPSA) is 71.3 Å². The molecule has 0 atom stereocenters. The molecular formula is C20H21N5O2. The molecule has 0 N–H and O–H groups in total. The molecule has 1 amide bonds. The zero-order chi connectivity index (χ0) is 19.0. The number of carbonyl (C=O) groups excluding carboxylic acids is 1. The van der Waals surface area contributed by atoms with Crippen molar-refractivity contribution in [3.8, 4) is 11.1 Å². The second-order valence-electron chi connectivity index (χ2n) is 6.92. The third-order valence-electron chi connectivity index (χ3n) is 5.07. The van der Waals surface area contributed by atoms with Gasteiger partial charge in [0, 0.05) is 56.7 Å². The summed E-state index contributed by atoms with van der Waals surface area (Å²) in [5, 5.41) is 0.482. The molecular weight excluding hydrogens is 342 g/mol. The number of pyridine rings is 1. The highest BCUT2D eigenvalue weighted by atomic mass is 16.2. The first-order valence-electron chi connectivity index (χ1n) is 8.92. The van der Waals surface area contributed by atoms with E-state index in [-0.39, 0.29) is 11.5 Å². The molecule has 0 unspecified atom stereocenters. The molecule has 4 rings (SSSR count). The number of benzene rings is 1. The summed E-state index contributed by atoms with van der Waals surface area (Å²) in [5.41, 5.74) is 2.91. The van der Waals surface area contributed by atoms with Gasteiger partial charge in [-0.1, -0.05) is 12.1 Å². The smallest absolute Gasteiger partial charge is 0.261 e. The average molecular weight is 363 g/mol. The maximum absolute atomic E-state index is 12.7. The first kappa shape index (κ1) is 17.4. The molecule has 3 aromatic rings. The third-order valence-corrected chi connectivity index (χ3v) is 5.07. The molecule has 7 heteroatoms. The number of carbonyl (C=O) groups is 1. The van der Waals surface area contributed by atoms with Crippen LogP contribution in [-0.4, -0.2) is 63.5 Å². The predicted molar refractivity (Wildman–Crippen MR) is 104 cm³/mol. The Morgan fingerprint density at radius 2 is 1.74 bits per heavy atom. The van der Waals surface area contributed by atoms with Crippen molar-refractivity contribution in [3.63, 3.8) is 0 Å². The van der Waals surface area contributed by atoms with Gasteiger partial charge in [-0.05, 0) is 24.7 Å². The Labute approximate surface area is 156 Å². The van der Waals surface area contributed by atoms with Gasteiger partial charge in [-0.2, -0.15) is 0 Å². The van der Waals surface area contributed by atoms with Crippen LogP contribution in [0.15, 0.2) is 47.8 Å². The van der Waals surface area contributed by atoms with Crippen LogP contribution in [0.4, 0.5) is 0 Å². The van der Waals surface area contributed by atoms with Gasteiger partial charge >= 0.3 is 0 Å². The lowest BCUT2D eigenvalue weighted by atomic mass is 10.0. The van der Waals surface area contributed by atoms with Crippen LogP contribution in [0.1, 0.15) is 10.4 Å². The van der Waals surface area contributed by atoms with E-state index in [0.717, 1.165) is 37.3 Å². The number of piperazine rings is 1. The highest BCUT2D eigenvalue weighted by Crippen LogP contribution is 2.25. The van der Waals surface area contributed by atoms with Gasteiger partial charge < -0.3 is 14.4 Å². The zero-order valence-corrected chi connectivity index (χ0v) is 15.4. The van der Waals surface area contributed by atoms with E-state index in [1.54, 1.807) is 19.4 Å². The van der Waals surface area contributed by atoms with Gasteiger partial charge in [0.15, 0.2) is 0 Å². The van der Waals surface area contributed by atoms with Crippen LogP contribution in [0.3, 0.4) is 0 Å². The number of aromatic nitrogens is 3. The molecule has 1 aromatic carbocycles. The van der Waals surface area contributed by atoms with Crippen molar-refractivity contribution in [2.24, 2.45) is 7.05 Å². The molecule has 2 aromatic heterocycles.